The van der Waals surface area contributed by atoms with Crippen molar-refractivity contribution in [3.8, 4) is 0 Å². The second-order valence-corrected chi connectivity index (χ2v) is 6.67. The summed E-state index contributed by atoms with van der Waals surface area (Å²) in [6, 6.07) is 1.25. The lowest BCUT2D eigenvalue weighted by Crippen LogP contribution is -2.49. The Labute approximate surface area is 123 Å². The molecule has 20 heavy (non-hydrogen) atoms. The zero-order valence-corrected chi connectivity index (χ0v) is 13.4. The minimum absolute atomic E-state index is 0.0476. The second-order valence-electron chi connectivity index (χ2n) is 6.67. The van der Waals surface area contributed by atoms with Crippen molar-refractivity contribution in [2.45, 2.75) is 63.6 Å². The molecule has 4 heteroatoms. The van der Waals surface area contributed by atoms with E-state index in [9.17, 15) is 5.11 Å². The fraction of sp³-hybridized carbons (Fsp3) is 1.00. The molecule has 0 heterocycles. The summed E-state index contributed by atoms with van der Waals surface area (Å²) >= 11 is 0. The maximum Gasteiger partial charge on any atom is 0.0613 e. The number of aliphatic hydroxyl groups is 1. The maximum atomic E-state index is 9.78. The first-order valence-electron chi connectivity index (χ1n) is 8.26. The van der Waals surface area contributed by atoms with Crippen LogP contribution in [0.15, 0.2) is 0 Å². The number of nitrogens with zero attached hydrogens (tertiary/aromatic N) is 1. The van der Waals surface area contributed by atoms with Gasteiger partial charge in [0.15, 0.2) is 0 Å². The molecule has 2 saturated carbocycles. The summed E-state index contributed by atoms with van der Waals surface area (Å²) in [5.74, 6) is 0.884. The Balaban J connectivity index is 1.98. The van der Waals surface area contributed by atoms with Crippen LogP contribution in [-0.4, -0.2) is 61.0 Å². The lowest BCUT2D eigenvalue weighted by Gasteiger charge is -2.36. The lowest BCUT2D eigenvalue weighted by atomic mass is 9.98. The normalized spacial score (nSPS) is 31.9. The Morgan fingerprint density at radius 2 is 2.15 bits per heavy atom. The van der Waals surface area contributed by atoms with Crippen molar-refractivity contribution in [1.82, 2.24) is 10.2 Å². The van der Waals surface area contributed by atoms with Crippen LogP contribution in [0.5, 0.6) is 0 Å². The maximum absolute atomic E-state index is 9.78. The van der Waals surface area contributed by atoms with Crippen LogP contribution in [0.3, 0.4) is 0 Å². The Morgan fingerprint density at radius 3 is 2.70 bits per heavy atom. The first kappa shape index (κ1) is 16.2. The summed E-state index contributed by atoms with van der Waals surface area (Å²) in [4.78, 5) is 2.65. The molecular formula is C16H32N2O2. The standard InChI is InChI=1S/C16H32N2O2/c1-4-17-16(12-19)8-7-15(11-16)18(9-10-20-3)13(2)14-5-6-14/h13-15,17,19H,4-12H2,1-3H3. The number of methoxy groups -OCH3 is 1. The minimum atomic E-state index is -0.0476. The van der Waals surface area contributed by atoms with Gasteiger partial charge < -0.3 is 15.2 Å². The molecule has 0 spiro atoms. The van der Waals surface area contributed by atoms with Crippen molar-refractivity contribution in [2.24, 2.45) is 5.92 Å². The van der Waals surface area contributed by atoms with E-state index in [-0.39, 0.29) is 12.1 Å². The van der Waals surface area contributed by atoms with Crippen LogP contribution in [0.4, 0.5) is 0 Å². The van der Waals surface area contributed by atoms with Gasteiger partial charge in [-0.15, -0.1) is 0 Å². The quantitative estimate of drug-likeness (QED) is 0.675. The molecular weight excluding hydrogens is 252 g/mol. The number of hydrogen-bond donors (Lipinski definition) is 2. The molecule has 4 nitrogen and oxygen atoms in total. The molecule has 0 aromatic rings. The highest BCUT2D eigenvalue weighted by molar-refractivity contribution is 5.01. The van der Waals surface area contributed by atoms with Gasteiger partial charge >= 0.3 is 0 Å². The van der Waals surface area contributed by atoms with Crippen LogP contribution in [0.25, 0.3) is 0 Å². The lowest BCUT2D eigenvalue weighted by molar-refractivity contribution is 0.0750. The third-order valence-corrected chi connectivity index (χ3v) is 5.29. The van der Waals surface area contributed by atoms with E-state index in [0.29, 0.717) is 12.1 Å². The van der Waals surface area contributed by atoms with Crippen molar-refractivity contribution in [2.75, 3.05) is 33.4 Å². The average molecular weight is 284 g/mol. The largest absolute Gasteiger partial charge is 0.394 e. The topological polar surface area (TPSA) is 44.7 Å². The fourth-order valence-electron chi connectivity index (χ4n) is 3.88. The van der Waals surface area contributed by atoms with Crippen molar-refractivity contribution in [3.05, 3.63) is 0 Å². The number of likely N-dealkylation sites (N-methyl/N-ethyl adjacent to an activating group) is 1. The molecule has 2 N–H and O–H groups in total. The average Bonchev–Trinajstić information content (AvgIpc) is 3.22. The summed E-state index contributed by atoms with van der Waals surface area (Å²) < 4.78 is 5.30. The van der Waals surface area contributed by atoms with Crippen molar-refractivity contribution < 1.29 is 9.84 Å². The zero-order valence-electron chi connectivity index (χ0n) is 13.4. The molecule has 0 saturated heterocycles. The number of hydrogen-bond acceptors (Lipinski definition) is 4. The molecule has 118 valence electrons. The Kier molecular flexibility index (Phi) is 5.84. The van der Waals surface area contributed by atoms with E-state index in [2.05, 4.69) is 24.1 Å². The van der Waals surface area contributed by atoms with Crippen LogP contribution in [0.2, 0.25) is 0 Å². The van der Waals surface area contributed by atoms with Crippen LogP contribution < -0.4 is 5.32 Å². The summed E-state index contributed by atoms with van der Waals surface area (Å²) in [7, 11) is 1.78. The molecule has 2 aliphatic carbocycles. The SMILES string of the molecule is CCNC1(CO)CCC(N(CCOC)C(C)C2CC2)C1. The smallest absolute Gasteiger partial charge is 0.0613 e. The third kappa shape index (κ3) is 3.73. The first-order chi connectivity index (χ1) is 9.65. The molecule has 2 aliphatic rings. The number of nitrogens with one attached hydrogen (secondary N) is 1. The summed E-state index contributed by atoms with van der Waals surface area (Å²) in [5.41, 5.74) is -0.0476. The molecule has 2 fully saturated rings. The van der Waals surface area contributed by atoms with Gasteiger partial charge in [0.1, 0.15) is 0 Å². The number of rotatable bonds is 9. The van der Waals surface area contributed by atoms with Gasteiger partial charge in [-0.1, -0.05) is 6.92 Å². The van der Waals surface area contributed by atoms with Gasteiger partial charge in [0.2, 0.25) is 0 Å². The summed E-state index contributed by atoms with van der Waals surface area (Å²) in [5, 5.41) is 13.3. The Bertz CT molecular complexity index is 296. The van der Waals surface area contributed by atoms with Gasteiger partial charge in [0, 0.05) is 31.3 Å². The van der Waals surface area contributed by atoms with Gasteiger partial charge in [0.25, 0.3) is 0 Å². The van der Waals surface area contributed by atoms with E-state index in [1.165, 1.54) is 19.3 Å². The monoisotopic (exact) mass is 284 g/mol. The van der Waals surface area contributed by atoms with E-state index in [0.717, 1.165) is 38.5 Å². The first-order valence-corrected chi connectivity index (χ1v) is 8.26. The number of ether oxygens (including phenoxy) is 1. The highest BCUT2D eigenvalue weighted by atomic mass is 16.5. The van der Waals surface area contributed by atoms with Crippen LogP contribution in [0.1, 0.15) is 46.0 Å². The second kappa shape index (κ2) is 7.21. The van der Waals surface area contributed by atoms with Crippen molar-refractivity contribution in [1.29, 1.82) is 0 Å². The molecule has 3 atom stereocenters. The minimum Gasteiger partial charge on any atom is -0.394 e. The van der Waals surface area contributed by atoms with Crippen molar-refractivity contribution >= 4 is 0 Å². The fourth-order valence-corrected chi connectivity index (χ4v) is 3.88. The summed E-state index contributed by atoms with van der Waals surface area (Å²) in [6.45, 7) is 7.52. The van der Waals surface area contributed by atoms with Crippen molar-refractivity contribution in [3.63, 3.8) is 0 Å². The van der Waals surface area contributed by atoms with E-state index in [1.807, 2.05) is 0 Å². The highest BCUT2D eigenvalue weighted by Gasteiger charge is 2.43. The summed E-state index contributed by atoms with van der Waals surface area (Å²) in [6.07, 6.45) is 6.11. The van der Waals surface area contributed by atoms with E-state index in [1.54, 1.807) is 7.11 Å². The molecule has 0 aliphatic heterocycles. The van der Waals surface area contributed by atoms with E-state index in [4.69, 9.17) is 4.74 Å². The molecule has 0 bridgehead atoms. The van der Waals surface area contributed by atoms with E-state index >= 15 is 0 Å². The van der Waals surface area contributed by atoms with Gasteiger partial charge in [0.05, 0.1) is 13.2 Å². The van der Waals surface area contributed by atoms with E-state index < -0.39 is 0 Å². The predicted octanol–water partition coefficient (Wildman–Crippen LogP) is 1.63. The van der Waals surface area contributed by atoms with Gasteiger partial charge in [-0.2, -0.15) is 0 Å². The Hall–Kier alpha value is -0.160. The molecule has 0 amide bonds. The molecule has 2 rings (SSSR count). The van der Waals surface area contributed by atoms with Crippen LogP contribution in [-0.2, 0) is 4.74 Å². The predicted molar refractivity (Wildman–Crippen MR) is 81.9 cm³/mol. The van der Waals surface area contributed by atoms with Crippen LogP contribution in [0, 0.1) is 5.92 Å². The number of aliphatic hydroxyl groups excluding tert-OH is 1. The molecule has 3 unspecified atom stereocenters. The molecule has 0 radical (unpaired) electrons. The third-order valence-electron chi connectivity index (χ3n) is 5.29. The van der Waals surface area contributed by atoms with Gasteiger partial charge in [-0.05, 0) is 51.5 Å². The van der Waals surface area contributed by atoms with Crippen LogP contribution >= 0.6 is 0 Å². The van der Waals surface area contributed by atoms with Gasteiger partial charge in [-0.25, -0.2) is 0 Å². The Morgan fingerprint density at radius 1 is 1.40 bits per heavy atom. The molecule has 0 aromatic heterocycles. The highest BCUT2D eigenvalue weighted by Crippen LogP contribution is 2.40. The zero-order chi connectivity index (χ0) is 14.6. The molecule has 0 aromatic carbocycles. The van der Waals surface area contributed by atoms with Gasteiger partial charge in [-0.3, -0.25) is 4.90 Å².